The van der Waals surface area contributed by atoms with Gasteiger partial charge in [0.15, 0.2) is 5.96 Å². The van der Waals surface area contributed by atoms with E-state index in [0.29, 0.717) is 30.0 Å². The molecule has 0 aromatic carbocycles. The number of aliphatic imine (C=N–C) groups is 1. The smallest absolute Gasteiger partial charge is 0.191 e. The van der Waals surface area contributed by atoms with Gasteiger partial charge in [0.05, 0.1) is 18.3 Å². The van der Waals surface area contributed by atoms with E-state index in [9.17, 15) is 0 Å². The van der Waals surface area contributed by atoms with Crippen LogP contribution in [-0.4, -0.2) is 36.2 Å². The number of hydrogen-bond acceptors (Lipinski definition) is 3. The highest BCUT2D eigenvalue weighted by Crippen LogP contribution is 2.60. The van der Waals surface area contributed by atoms with Gasteiger partial charge < -0.3 is 15.4 Å². The summed E-state index contributed by atoms with van der Waals surface area (Å²) in [6.45, 7) is 4.53. The van der Waals surface area contributed by atoms with Gasteiger partial charge in [-0.15, -0.1) is 0 Å². The van der Waals surface area contributed by atoms with Gasteiger partial charge in [-0.1, -0.05) is 18.9 Å². The van der Waals surface area contributed by atoms with Crippen molar-refractivity contribution in [2.75, 3.05) is 13.2 Å². The van der Waals surface area contributed by atoms with E-state index < -0.39 is 0 Å². The van der Waals surface area contributed by atoms with Crippen molar-refractivity contribution in [3.05, 3.63) is 30.1 Å². The summed E-state index contributed by atoms with van der Waals surface area (Å²) in [6, 6.07) is 6.48. The summed E-state index contributed by atoms with van der Waals surface area (Å²) in [6.07, 6.45) is 8.76. The van der Waals surface area contributed by atoms with E-state index in [0.717, 1.165) is 24.8 Å². The van der Waals surface area contributed by atoms with E-state index in [-0.39, 0.29) is 0 Å². The van der Waals surface area contributed by atoms with Crippen molar-refractivity contribution < 1.29 is 4.74 Å². The Kier molecular flexibility index (Phi) is 4.44. The van der Waals surface area contributed by atoms with Crippen LogP contribution in [0.1, 0.15) is 44.7 Å². The van der Waals surface area contributed by atoms with Crippen molar-refractivity contribution >= 4 is 5.96 Å². The molecule has 0 amide bonds. The first-order valence-corrected chi connectivity index (χ1v) is 9.40. The molecule has 1 aromatic rings. The number of fused-ring (bicyclic) bond motifs is 2. The first-order chi connectivity index (χ1) is 11.8. The second kappa shape index (κ2) is 6.71. The minimum Gasteiger partial charge on any atom is -0.377 e. The molecule has 1 saturated heterocycles. The standard InChI is InChI=1S/C19H28N4O/c1-2-20-18(22-13-14-7-3-6-11-21-14)23-16-15-8-12-24-17(15)19(16)9-4-5-10-19/h3,6-7,11,15-17H,2,4-5,8-10,12-13H2,1H3,(H2,20,22,23). The first-order valence-electron chi connectivity index (χ1n) is 9.40. The Hall–Kier alpha value is -1.62. The van der Waals surface area contributed by atoms with Crippen LogP contribution in [0.2, 0.25) is 0 Å². The summed E-state index contributed by atoms with van der Waals surface area (Å²) in [7, 11) is 0. The lowest BCUT2D eigenvalue weighted by Crippen LogP contribution is -2.69. The zero-order valence-corrected chi connectivity index (χ0v) is 14.5. The van der Waals surface area contributed by atoms with Crippen LogP contribution in [0.25, 0.3) is 0 Å². The lowest BCUT2D eigenvalue weighted by atomic mass is 9.54. The molecule has 0 bridgehead atoms. The Morgan fingerprint density at radius 3 is 3.00 bits per heavy atom. The summed E-state index contributed by atoms with van der Waals surface area (Å²) < 4.78 is 6.08. The second-order valence-corrected chi connectivity index (χ2v) is 7.32. The molecule has 5 heteroatoms. The van der Waals surface area contributed by atoms with Crippen LogP contribution in [0, 0.1) is 11.3 Å². The molecule has 3 atom stereocenters. The molecule has 3 fully saturated rings. The van der Waals surface area contributed by atoms with Crippen molar-refractivity contribution in [1.29, 1.82) is 0 Å². The molecule has 3 aliphatic rings. The lowest BCUT2D eigenvalue weighted by Gasteiger charge is -2.57. The number of nitrogens with one attached hydrogen (secondary N) is 2. The van der Waals surface area contributed by atoms with Gasteiger partial charge in [0.25, 0.3) is 0 Å². The van der Waals surface area contributed by atoms with Crippen molar-refractivity contribution in [2.24, 2.45) is 16.3 Å². The minimum absolute atomic E-state index is 0.350. The van der Waals surface area contributed by atoms with Crippen LogP contribution in [0.4, 0.5) is 0 Å². The summed E-state index contributed by atoms with van der Waals surface area (Å²) in [5, 5.41) is 7.17. The number of pyridine rings is 1. The highest BCUT2D eigenvalue weighted by atomic mass is 16.5. The van der Waals surface area contributed by atoms with E-state index in [1.54, 1.807) is 0 Å². The Balaban J connectivity index is 1.48. The summed E-state index contributed by atoms with van der Waals surface area (Å²) >= 11 is 0. The fourth-order valence-electron chi connectivity index (χ4n) is 5.02. The third-order valence-electron chi connectivity index (χ3n) is 6.05. The molecule has 3 unspecified atom stereocenters. The van der Waals surface area contributed by atoms with E-state index >= 15 is 0 Å². The lowest BCUT2D eigenvalue weighted by molar-refractivity contribution is -0.125. The number of ether oxygens (including phenoxy) is 1. The summed E-state index contributed by atoms with van der Waals surface area (Å²) in [4.78, 5) is 9.13. The number of nitrogens with zero attached hydrogens (tertiary/aromatic N) is 2. The van der Waals surface area contributed by atoms with Crippen LogP contribution in [-0.2, 0) is 11.3 Å². The van der Waals surface area contributed by atoms with E-state index in [1.165, 1.54) is 32.1 Å². The van der Waals surface area contributed by atoms with Gasteiger partial charge in [0, 0.05) is 36.7 Å². The summed E-state index contributed by atoms with van der Waals surface area (Å²) in [5.74, 6) is 1.58. The molecule has 4 rings (SSSR count). The Morgan fingerprint density at radius 1 is 1.38 bits per heavy atom. The zero-order valence-electron chi connectivity index (χ0n) is 14.5. The molecule has 2 aliphatic carbocycles. The molecule has 1 aromatic heterocycles. The Bertz CT molecular complexity index is 582. The fraction of sp³-hybridized carbons (Fsp3) is 0.684. The molecule has 24 heavy (non-hydrogen) atoms. The highest BCUT2D eigenvalue weighted by Gasteiger charge is 2.65. The maximum atomic E-state index is 6.08. The average molecular weight is 328 g/mol. The quantitative estimate of drug-likeness (QED) is 0.658. The van der Waals surface area contributed by atoms with E-state index in [4.69, 9.17) is 9.73 Å². The molecule has 2 saturated carbocycles. The normalized spacial score (nSPS) is 30.9. The number of hydrogen-bond donors (Lipinski definition) is 2. The van der Waals surface area contributed by atoms with Crippen LogP contribution < -0.4 is 10.6 Å². The molecule has 5 nitrogen and oxygen atoms in total. The van der Waals surface area contributed by atoms with Crippen molar-refractivity contribution in [2.45, 2.75) is 57.7 Å². The van der Waals surface area contributed by atoms with Crippen molar-refractivity contribution in [3.63, 3.8) is 0 Å². The Morgan fingerprint density at radius 2 is 2.25 bits per heavy atom. The number of aromatic nitrogens is 1. The maximum absolute atomic E-state index is 6.08. The van der Waals surface area contributed by atoms with Gasteiger partial charge in [-0.2, -0.15) is 0 Å². The van der Waals surface area contributed by atoms with Gasteiger partial charge in [-0.3, -0.25) is 4.98 Å². The topological polar surface area (TPSA) is 58.5 Å². The van der Waals surface area contributed by atoms with E-state index in [2.05, 4.69) is 22.5 Å². The molecule has 1 spiro atoms. The molecule has 1 aliphatic heterocycles. The van der Waals surface area contributed by atoms with Crippen LogP contribution in [0.3, 0.4) is 0 Å². The van der Waals surface area contributed by atoms with Gasteiger partial charge in [0.2, 0.25) is 0 Å². The molecular weight excluding hydrogens is 300 g/mol. The van der Waals surface area contributed by atoms with Crippen LogP contribution in [0.5, 0.6) is 0 Å². The fourth-order valence-corrected chi connectivity index (χ4v) is 5.02. The van der Waals surface area contributed by atoms with Crippen LogP contribution >= 0.6 is 0 Å². The van der Waals surface area contributed by atoms with E-state index in [1.807, 2.05) is 24.4 Å². The average Bonchev–Trinajstić information content (AvgIpc) is 3.26. The SMILES string of the molecule is CCNC(=NCc1ccccn1)NC1C2CCOC2C12CCCC2. The van der Waals surface area contributed by atoms with Gasteiger partial charge in [-0.25, -0.2) is 4.99 Å². The van der Waals surface area contributed by atoms with Gasteiger partial charge in [0.1, 0.15) is 0 Å². The van der Waals surface area contributed by atoms with Crippen molar-refractivity contribution in [1.82, 2.24) is 15.6 Å². The first kappa shape index (κ1) is 15.9. The molecule has 2 N–H and O–H groups in total. The third kappa shape index (κ3) is 2.69. The predicted molar refractivity (Wildman–Crippen MR) is 94.7 cm³/mol. The third-order valence-corrected chi connectivity index (χ3v) is 6.05. The van der Waals surface area contributed by atoms with Gasteiger partial charge >= 0.3 is 0 Å². The molecule has 0 radical (unpaired) electrons. The molecule has 130 valence electrons. The maximum Gasteiger partial charge on any atom is 0.191 e. The molecular formula is C19H28N4O. The monoisotopic (exact) mass is 328 g/mol. The predicted octanol–water partition coefficient (Wildman–Crippen LogP) is 2.48. The van der Waals surface area contributed by atoms with Crippen molar-refractivity contribution in [3.8, 4) is 0 Å². The minimum atomic E-state index is 0.350. The largest absolute Gasteiger partial charge is 0.377 e. The molecule has 2 heterocycles. The number of guanidine groups is 1. The number of rotatable bonds is 4. The van der Waals surface area contributed by atoms with Crippen LogP contribution in [0.15, 0.2) is 29.4 Å². The Labute approximate surface area is 144 Å². The second-order valence-electron chi connectivity index (χ2n) is 7.32. The highest BCUT2D eigenvalue weighted by molar-refractivity contribution is 5.80. The zero-order chi connectivity index (χ0) is 16.4. The summed E-state index contributed by atoms with van der Waals surface area (Å²) in [5.41, 5.74) is 1.35. The van der Waals surface area contributed by atoms with Gasteiger partial charge in [-0.05, 0) is 38.3 Å².